The number of rotatable bonds is 5. The maximum atomic E-state index is 13.8. The van der Waals surface area contributed by atoms with E-state index >= 15 is 0 Å². The Labute approximate surface area is 144 Å². The van der Waals surface area contributed by atoms with Crippen molar-refractivity contribution in [2.24, 2.45) is 5.92 Å². The predicted molar refractivity (Wildman–Crippen MR) is 95.4 cm³/mol. The van der Waals surface area contributed by atoms with Gasteiger partial charge in [-0.05, 0) is 78.8 Å². The van der Waals surface area contributed by atoms with Gasteiger partial charge in [-0.25, -0.2) is 4.39 Å². The fraction of sp³-hybridized carbons (Fsp3) is 0.409. The highest BCUT2D eigenvalue weighted by Gasteiger charge is 2.20. The number of nitrogens with zero attached hydrogens (tertiary/aromatic N) is 1. The number of hydrogen-bond acceptors (Lipinski definition) is 1. The summed E-state index contributed by atoms with van der Waals surface area (Å²) in [6.45, 7) is 2.21. The van der Waals surface area contributed by atoms with Gasteiger partial charge in [0.15, 0.2) is 0 Å². The lowest BCUT2D eigenvalue weighted by molar-refractivity contribution is 0.425. The molecule has 0 heterocycles. The van der Waals surface area contributed by atoms with E-state index in [0.717, 1.165) is 49.7 Å². The van der Waals surface area contributed by atoms with E-state index in [1.807, 2.05) is 6.07 Å². The molecule has 1 atom stereocenters. The molecule has 2 heteroatoms. The van der Waals surface area contributed by atoms with Gasteiger partial charge in [-0.15, -0.1) is 0 Å². The predicted octanol–water partition coefficient (Wildman–Crippen LogP) is 5.39. The van der Waals surface area contributed by atoms with Gasteiger partial charge in [-0.2, -0.15) is 5.26 Å². The molecular formula is C22H24FN. The Bertz CT molecular complexity index is 740. The van der Waals surface area contributed by atoms with E-state index in [4.69, 9.17) is 5.26 Å². The third kappa shape index (κ3) is 3.85. The minimum atomic E-state index is -0.372. The molecule has 0 saturated heterocycles. The first-order chi connectivity index (χ1) is 11.7. The Hall–Kier alpha value is -2.14. The molecule has 1 aliphatic rings. The lowest BCUT2D eigenvalue weighted by Gasteiger charge is -2.25. The second-order valence-electron chi connectivity index (χ2n) is 6.93. The zero-order chi connectivity index (χ0) is 16.9. The van der Waals surface area contributed by atoms with Crippen LogP contribution >= 0.6 is 0 Å². The van der Waals surface area contributed by atoms with Gasteiger partial charge in [-0.3, -0.25) is 0 Å². The van der Waals surface area contributed by atoms with E-state index in [1.54, 1.807) is 12.1 Å². The molecule has 1 nitrogen and oxygen atoms in total. The number of halogens is 1. The summed E-state index contributed by atoms with van der Waals surface area (Å²) >= 11 is 0. The smallest absolute Gasteiger partial charge is 0.141 e. The zero-order valence-electron chi connectivity index (χ0n) is 14.3. The second kappa shape index (κ2) is 7.62. The SMILES string of the molecule is CCCc1ccc(CCC2CCc3cc(C#N)c(F)cc3C2)cc1. The van der Waals surface area contributed by atoms with Crippen LogP contribution < -0.4 is 0 Å². The molecule has 0 bridgehead atoms. The summed E-state index contributed by atoms with van der Waals surface area (Å²) in [5, 5.41) is 8.95. The van der Waals surface area contributed by atoms with Crippen LogP contribution in [0.2, 0.25) is 0 Å². The molecule has 1 unspecified atom stereocenters. The standard InChI is InChI=1S/C22H24FN/c1-2-3-16-4-6-17(7-5-16)8-9-18-10-11-19-13-21(15-24)22(23)14-20(19)12-18/h4-7,13-14,18H,2-3,8-12H2,1H3. The maximum absolute atomic E-state index is 13.8. The minimum absolute atomic E-state index is 0.180. The van der Waals surface area contributed by atoms with E-state index in [2.05, 4.69) is 31.2 Å². The summed E-state index contributed by atoms with van der Waals surface area (Å²) in [6, 6.07) is 14.3. The average Bonchev–Trinajstić information content (AvgIpc) is 2.60. The zero-order valence-corrected chi connectivity index (χ0v) is 14.3. The van der Waals surface area contributed by atoms with Gasteiger partial charge in [0.2, 0.25) is 0 Å². The molecule has 0 radical (unpaired) electrons. The Morgan fingerprint density at radius 1 is 1.08 bits per heavy atom. The summed E-state index contributed by atoms with van der Waals surface area (Å²) in [4.78, 5) is 0. The van der Waals surface area contributed by atoms with Crippen LogP contribution in [0.3, 0.4) is 0 Å². The van der Waals surface area contributed by atoms with E-state index in [-0.39, 0.29) is 11.4 Å². The molecule has 1 aliphatic carbocycles. The number of nitriles is 1. The van der Waals surface area contributed by atoms with Crippen LogP contribution in [0.4, 0.5) is 4.39 Å². The van der Waals surface area contributed by atoms with Crippen LogP contribution in [-0.2, 0) is 25.7 Å². The summed E-state index contributed by atoms with van der Waals surface area (Å²) in [7, 11) is 0. The molecule has 2 aromatic carbocycles. The third-order valence-corrected chi connectivity index (χ3v) is 5.14. The van der Waals surface area contributed by atoms with E-state index in [9.17, 15) is 4.39 Å². The Kier molecular flexibility index (Phi) is 5.30. The van der Waals surface area contributed by atoms with Crippen LogP contribution in [0.5, 0.6) is 0 Å². The molecule has 0 amide bonds. The van der Waals surface area contributed by atoms with Gasteiger partial charge in [0, 0.05) is 0 Å². The Morgan fingerprint density at radius 3 is 2.46 bits per heavy atom. The van der Waals surface area contributed by atoms with Gasteiger partial charge in [0.25, 0.3) is 0 Å². The molecule has 0 spiro atoms. The third-order valence-electron chi connectivity index (χ3n) is 5.14. The van der Waals surface area contributed by atoms with Crippen molar-refractivity contribution < 1.29 is 4.39 Å². The number of benzene rings is 2. The molecular weight excluding hydrogens is 297 g/mol. The fourth-order valence-corrected chi connectivity index (χ4v) is 3.72. The van der Waals surface area contributed by atoms with Crippen molar-refractivity contribution in [2.75, 3.05) is 0 Å². The highest BCUT2D eigenvalue weighted by molar-refractivity contribution is 5.40. The maximum Gasteiger partial charge on any atom is 0.141 e. The van der Waals surface area contributed by atoms with Crippen LogP contribution in [0, 0.1) is 23.1 Å². The normalized spacial score (nSPS) is 16.5. The van der Waals surface area contributed by atoms with Crippen LogP contribution in [0.15, 0.2) is 36.4 Å². The highest BCUT2D eigenvalue weighted by Crippen LogP contribution is 2.30. The first-order valence-corrected chi connectivity index (χ1v) is 8.98. The number of aryl methyl sites for hydroxylation is 3. The van der Waals surface area contributed by atoms with Crippen molar-refractivity contribution in [1.29, 1.82) is 5.26 Å². The summed E-state index contributed by atoms with van der Waals surface area (Å²) < 4.78 is 13.8. The monoisotopic (exact) mass is 321 g/mol. The topological polar surface area (TPSA) is 23.8 Å². The van der Waals surface area contributed by atoms with E-state index in [0.29, 0.717) is 5.92 Å². The highest BCUT2D eigenvalue weighted by atomic mass is 19.1. The molecule has 2 aromatic rings. The lowest BCUT2D eigenvalue weighted by Crippen LogP contribution is -2.15. The van der Waals surface area contributed by atoms with Crippen LogP contribution in [0.1, 0.15) is 54.0 Å². The molecule has 0 N–H and O–H groups in total. The summed E-state index contributed by atoms with van der Waals surface area (Å²) in [5.41, 5.74) is 5.25. The molecule has 3 rings (SSSR count). The Balaban J connectivity index is 1.60. The van der Waals surface area contributed by atoms with Gasteiger partial charge >= 0.3 is 0 Å². The lowest BCUT2D eigenvalue weighted by atomic mass is 9.80. The van der Waals surface area contributed by atoms with E-state index in [1.165, 1.54) is 17.5 Å². The number of hydrogen-bond donors (Lipinski definition) is 0. The first kappa shape index (κ1) is 16.7. The minimum Gasteiger partial charge on any atom is -0.206 e. The van der Waals surface area contributed by atoms with Crippen molar-refractivity contribution in [3.8, 4) is 6.07 Å². The van der Waals surface area contributed by atoms with Crippen LogP contribution in [-0.4, -0.2) is 0 Å². The van der Waals surface area contributed by atoms with Gasteiger partial charge in [-0.1, -0.05) is 37.6 Å². The molecule has 0 fully saturated rings. The largest absolute Gasteiger partial charge is 0.206 e. The fourth-order valence-electron chi connectivity index (χ4n) is 3.72. The second-order valence-corrected chi connectivity index (χ2v) is 6.93. The summed E-state index contributed by atoms with van der Waals surface area (Å²) in [6.07, 6.45) is 7.61. The van der Waals surface area contributed by atoms with Crippen LogP contribution in [0.25, 0.3) is 0 Å². The quantitative estimate of drug-likeness (QED) is 0.724. The molecule has 0 aromatic heterocycles. The molecule has 124 valence electrons. The molecule has 0 saturated carbocycles. The summed E-state index contributed by atoms with van der Waals surface area (Å²) in [5.74, 6) is 0.239. The number of fused-ring (bicyclic) bond motifs is 1. The van der Waals surface area contributed by atoms with Crippen molar-refractivity contribution in [2.45, 2.75) is 51.9 Å². The van der Waals surface area contributed by atoms with Gasteiger partial charge < -0.3 is 0 Å². The van der Waals surface area contributed by atoms with Crippen molar-refractivity contribution in [1.82, 2.24) is 0 Å². The molecule has 0 aliphatic heterocycles. The van der Waals surface area contributed by atoms with Gasteiger partial charge in [0.05, 0.1) is 5.56 Å². The molecule has 24 heavy (non-hydrogen) atoms. The van der Waals surface area contributed by atoms with Gasteiger partial charge in [0.1, 0.15) is 11.9 Å². The van der Waals surface area contributed by atoms with E-state index < -0.39 is 0 Å². The average molecular weight is 321 g/mol. The van der Waals surface area contributed by atoms with Crippen molar-refractivity contribution in [3.63, 3.8) is 0 Å². The Morgan fingerprint density at radius 2 is 1.79 bits per heavy atom. The van der Waals surface area contributed by atoms with Crippen molar-refractivity contribution >= 4 is 0 Å². The van der Waals surface area contributed by atoms with Crippen molar-refractivity contribution in [3.05, 3.63) is 70.0 Å². The first-order valence-electron chi connectivity index (χ1n) is 8.98.